The van der Waals surface area contributed by atoms with Crippen LogP contribution in [0, 0.1) is 5.92 Å². The minimum atomic E-state index is -3.78. The van der Waals surface area contributed by atoms with Crippen LogP contribution in [0.2, 0.25) is 0 Å². The average Bonchev–Trinajstić information content (AvgIpc) is 3.05. The van der Waals surface area contributed by atoms with Gasteiger partial charge in [0.15, 0.2) is 0 Å². The highest BCUT2D eigenvalue weighted by atomic mass is 32.2. The molecule has 9 heteroatoms. The zero-order chi connectivity index (χ0) is 15.0. The molecule has 1 aromatic rings. The highest BCUT2D eigenvalue weighted by Crippen LogP contribution is 2.37. The summed E-state index contributed by atoms with van der Waals surface area (Å²) < 4.78 is 35.3. The van der Waals surface area contributed by atoms with Crippen LogP contribution in [-0.4, -0.2) is 25.5 Å². The molecule has 2 N–H and O–H groups in total. The molecule has 0 saturated carbocycles. The monoisotopic (exact) mass is 325 g/mol. The van der Waals surface area contributed by atoms with Crippen molar-refractivity contribution in [2.75, 3.05) is 0 Å². The van der Waals surface area contributed by atoms with Crippen molar-refractivity contribution in [3.8, 4) is 0 Å². The smallest absolute Gasteiger partial charge is 0.310 e. The Hall–Kier alpha value is -1.84. The summed E-state index contributed by atoms with van der Waals surface area (Å²) in [6, 6.07) is 4.22. The van der Waals surface area contributed by atoms with Gasteiger partial charge in [-0.1, -0.05) is 18.2 Å². The number of carbonyl (C=O) groups is 1. The Balaban J connectivity index is 1.84. The maximum absolute atomic E-state index is 12.4. The van der Waals surface area contributed by atoms with Gasteiger partial charge in [-0.2, -0.15) is 8.73 Å². The third-order valence-corrected chi connectivity index (χ3v) is 5.31. The standard InChI is InChI=1S/C12H11N3O4S2/c16-12(17)7-4-5-8(6-7)15-21(18,19)10-3-1-2-9-11(10)14-20-13-9/h1-5,7-8,15H,6H2,(H,16,17). The van der Waals surface area contributed by atoms with Gasteiger partial charge in [-0.25, -0.2) is 13.1 Å². The summed E-state index contributed by atoms with van der Waals surface area (Å²) in [5, 5.41) is 8.91. The summed E-state index contributed by atoms with van der Waals surface area (Å²) in [6.45, 7) is 0. The number of hydrogen-bond acceptors (Lipinski definition) is 5. The van der Waals surface area contributed by atoms with E-state index in [1.807, 2.05) is 0 Å². The molecule has 3 rings (SSSR count). The van der Waals surface area contributed by atoms with Gasteiger partial charge in [0.2, 0.25) is 10.0 Å². The Morgan fingerprint density at radius 1 is 1.33 bits per heavy atom. The maximum Gasteiger partial charge on any atom is 0.310 e. The van der Waals surface area contributed by atoms with E-state index in [-0.39, 0.29) is 11.3 Å². The summed E-state index contributed by atoms with van der Waals surface area (Å²) >= 11 is 0.946. The van der Waals surface area contributed by atoms with Crippen molar-refractivity contribution in [3.05, 3.63) is 30.4 Å². The summed E-state index contributed by atoms with van der Waals surface area (Å²) in [5.41, 5.74) is 0.847. The lowest BCUT2D eigenvalue weighted by atomic mass is 10.1. The molecule has 2 aliphatic rings. The molecule has 1 heterocycles. The molecule has 0 spiro atoms. The minimum Gasteiger partial charge on any atom is -0.481 e. The Morgan fingerprint density at radius 3 is 2.86 bits per heavy atom. The number of rotatable bonds is 4. The van der Waals surface area contributed by atoms with Crippen molar-refractivity contribution in [1.82, 2.24) is 4.72 Å². The van der Waals surface area contributed by atoms with E-state index in [9.17, 15) is 13.2 Å². The molecule has 0 bridgehead atoms. The summed E-state index contributed by atoms with van der Waals surface area (Å²) in [4.78, 5) is 10.9. The van der Waals surface area contributed by atoms with Gasteiger partial charge in [-0.05, 0) is 18.6 Å². The summed E-state index contributed by atoms with van der Waals surface area (Å²) in [5.74, 6) is -1.62. The van der Waals surface area contributed by atoms with Crippen LogP contribution >= 0.6 is 0 Å². The molecule has 0 amide bonds. The molecular formula is C12H11N3O4S2. The first-order valence-corrected chi connectivity index (χ1v) is 8.33. The molecule has 7 nitrogen and oxygen atoms in total. The van der Waals surface area contributed by atoms with Gasteiger partial charge in [0.05, 0.1) is 17.3 Å². The summed E-state index contributed by atoms with van der Waals surface area (Å²) in [7, 11) is -3.78. The van der Waals surface area contributed by atoms with Crippen LogP contribution in [0.1, 0.15) is 6.42 Å². The highest BCUT2D eigenvalue weighted by Gasteiger charge is 2.30. The van der Waals surface area contributed by atoms with Crippen LogP contribution in [0.5, 0.6) is 0 Å². The molecule has 0 radical (unpaired) electrons. The predicted octanol–water partition coefficient (Wildman–Crippen LogP) is 1.72. The van der Waals surface area contributed by atoms with Crippen molar-refractivity contribution in [2.24, 2.45) is 14.6 Å². The number of nitrogens with one attached hydrogen (secondary N) is 1. The first kappa shape index (κ1) is 14.1. The molecule has 21 heavy (non-hydrogen) atoms. The lowest BCUT2D eigenvalue weighted by molar-refractivity contribution is -0.140. The van der Waals surface area contributed by atoms with E-state index in [0.29, 0.717) is 11.4 Å². The first-order valence-electron chi connectivity index (χ1n) is 6.12. The average molecular weight is 325 g/mol. The maximum atomic E-state index is 12.4. The normalized spacial score (nSPS) is 23.0. The van der Waals surface area contributed by atoms with E-state index in [1.165, 1.54) is 12.1 Å². The lowest BCUT2D eigenvalue weighted by Crippen LogP contribution is -2.33. The largest absolute Gasteiger partial charge is 0.481 e. The van der Waals surface area contributed by atoms with Gasteiger partial charge in [-0.3, -0.25) is 4.79 Å². The van der Waals surface area contributed by atoms with Crippen LogP contribution in [0.15, 0.2) is 44.0 Å². The second-order valence-electron chi connectivity index (χ2n) is 4.68. The Morgan fingerprint density at radius 2 is 2.14 bits per heavy atom. The Bertz CT molecular complexity index is 810. The van der Waals surface area contributed by atoms with Gasteiger partial charge < -0.3 is 5.11 Å². The molecule has 0 saturated heterocycles. The van der Waals surface area contributed by atoms with Crippen molar-refractivity contribution in [1.29, 1.82) is 0 Å². The number of hydrogen-bond donors (Lipinski definition) is 2. The van der Waals surface area contributed by atoms with E-state index < -0.39 is 28.0 Å². The van der Waals surface area contributed by atoms with E-state index in [2.05, 4.69) is 13.4 Å². The number of carboxylic acid groups (broad SMARTS) is 1. The van der Waals surface area contributed by atoms with Gasteiger partial charge in [-0.15, -0.1) is 0 Å². The van der Waals surface area contributed by atoms with E-state index >= 15 is 0 Å². The number of aliphatic carboxylic acids is 1. The van der Waals surface area contributed by atoms with Crippen LogP contribution in [0.25, 0.3) is 0 Å². The van der Waals surface area contributed by atoms with E-state index in [4.69, 9.17) is 5.11 Å². The molecular weight excluding hydrogens is 314 g/mol. The second-order valence-corrected chi connectivity index (χ2v) is 6.89. The van der Waals surface area contributed by atoms with Crippen molar-refractivity contribution < 1.29 is 18.3 Å². The molecule has 1 aromatic carbocycles. The fourth-order valence-corrected chi connectivity index (χ4v) is 4.20. The zero-order valence-electron chi connectivity index (χ0n) is 10.6. The highest BCUT2D eigenvalue weighted by molar-refractivity contribution is 7.89. The fraction of sp³-hybridized carbons (Fsp3) is 0.250. The quantitative estimate of drug-likeness (QED) is 0.834. The van der Waals surface area contributed by atoms with Gasteiger partial charge in [0.25, 0.3) is 0 Å². The number of nitrogens with zero attached hydrogens (tertiary/aromatic N) is 2. The molecule has 1 aliphatic heterocycles. The van der Waals surface area contributed by atoms with E-state index in [0.717, 1.165) is 11.4 Å². The molecule has 2 unspecified atom stereocenters. The third-order valence-electron chi connectivity index (χ3n) is 3.25. The zero-order valence-corrected chi connectivity index (χ0v) is 12.3. The minimum absolute atomic E-state index is 0.0564. The molecule has 0 aromatic heterocycles. The van der Waals surface area contributed by atoms with Crippen molar-refractivity contribution >= 4 is 38.7 Å². The predicted molar refractivity (Wildman–Crippen MR) is 77.0 cm³/mol. The molecule has 2 atom stereocenters. The molecule has 110 valence electrons. The number of carboxylic acids is 1. The van der Waals surface area contributed by atoms with Crippen LogP contribution < -0.4 is 4.72 Å². The number of sulfonamides is 1. The Labute approximate surface area is 124 Å². The fourth-order valence-electron chi connectivity index (χ4n) is 2.23. The van der Waals surface area contributed by atoms with Crippen LogP contribution in [0.3, 0.4) is 0 Å². The summed E-state index contributed by atoms with van der Waals surface area (Å²) in [6.07, 6.45) is 3.27. The first-order chi connectivity index (χ1) is 9.97. The topological polar surface area (TPSA) is 108 Å². The Kier molecular flexibility index (Phi) is 3.47. The number of benzene rings is 1. The van der Waals surface area contributed by atoms with Crippen LogP contribution in [-0.2, 0) is 26.2 Å². The SMILES string of the molecule is O=C(O)C1C=CC(NS(=O)(=O)c2cccc3c2N=S=N3)C1. The van der Waals surface area contributed by atoms with Crippen LogP contribution in [0.4, 0.5) is 11.4 Å². The second kappa shape index (κ2) is 5.17. The molecule has 1 aliphatic carbocycles. The molecule has 0 fully saturated rings. The van der Waals surface area contributed by atoms with Gasteiger partial charge >= 0.3 is 5.97 Å². The number of fused-ring (bicyclic) bond motifs is 1. The van der Waals surface area contributed by atoms with Gasteiger partial charge in [0.1, 0.15) is 16.3 Å². The third kappa shape index (κ3) is 2.67. The van der Waals surface area contributed by atoms with Crippen molar-refractivity contribution in [3.63, 3.8) is 0 Å². The lowest BCUT2D eigenvalue weighted by Gasteiger charge is -2.13. The van der Waals surface area contributed by atoms with E-state index in [1.54, 1.807) is 18.2 Å². The van der Waals surface area contributed by atoms with Gasteiger partial charge in [0, 0.05) is 6.04 Å². The van der Waals surface area contributed by atoms with Crippen molar-refractivity contribution in [2.45, 2.75) is 17.4 Å².